The zero-order valence-electron chi connectivity index (χ0n) is 17.2. The number of halogens is 1. The highest BCUT2D eigenvalue weighted by molar-refractivity contribution is 6.35. The van der Waals surface area contributed by atoms with Crippen LogP contribution in [0.4, 0.5) is 4.79 Å². The average molecular weight is 438 g/mol. The third-order valence-electron chi connectivity index (χ3n) is 4.26. The van der Waals surface area contributed by atoms with Crippen LogP contribution in [0.3, 0.4) is 0 Å². The lowest BCUT2D eigenvalue weighted by molar-refractivity contribution is 0.0546. The van der Waals surface area contributed by atoms with E-state index in [1.807, 2.05) is 20.8 Å². The van der Waals surface area contributed by atoms with Gasteiger partial charge in [-0.25, -0.2) is 29.3 Å². The molecular weight excluding hydrogens is 418 g/mol. The van der Waals surface area contributed by atoms with Crippen molar-refractivity contribution >= 4 is 28.7 Å². The standard InChI is InChI=1S/C22H20ClN5O3/c1-22(2,3)31-21(29)28-18(9-16-17(23)5-7-27-20(16)28)15-4-6-26-19(8-15)30-12-14-10-24-13-25-11-14/h4-11,13H,12H2,1-3H3. The van der Waals surface area contributed by atoms with Crippen molar-refractivity contribution in [3.05, 3.63) is 66.0 Å². The molecule has 4 aromatic heterocycles. The Labute approximate surface area is 183 Å². The number of carbonyl (C=O) groups excluding carboxylic acids is 1. The van der Waals surface area contributed by atoms with E-state index in [9.17, 15) is 4.79 Å². The van der Waals surface area contributed by atoms with Crippen molar-refractivity contribution in [2.45, 2.75) is 33.0 Å². The summed E-state index contributed by atoms with van der Waals surface area (Å²) in [7, 11) is 0. The Kier molecular flexibility index (Phi) is 5.56. The summed E-state index contributed by atoms with van der Waals surface area (Å²) < 4.78 is 12.8. The fourth-order valence-electron chi connectivity index (χ4n) is 2.98. The lowest BCUT2D eigenvalue weighted by Gasteiger charge is -2.20. The lowest BCUT2D eigenvalue weighted by atomic mass is 10.2. The third-order valence-corrected chi connectivity index (χ3v) is 4.59. The van der Waals surface area contributed by atoms with Gasteiger partial charge in [-0.05, 0) is 39.0 Å². The third kappa shape index (κ3) is 4.64. The minimum atomic E-state index is -0.673. The van der Waals surface area contributed by atoms with E-state index in [0.29, 0.717) is 33.2 Å². The maximum atomic E-state index is 13.0. The van der Waals surface area contributed by atoms with Crippen LogP contribution in [0.15, 0.2) is 55.4 Å². The second-order valence-corrected chi connectivity index (χ2v) is 8.20. The van der Waals surface area contributed by atoms with Gasteiger partial charge < -0.3 is 9.47 Å². The largest absolute Gasteiger partial charge is 0.473 e. The van der Waals surface area contributed by atoms with Crippen molar-refractivity contribution in [1.82, 2.24) is 24.5 Å². The lowest BCUT2D eigenvalue weighted by Crippen LogP contribution is -2.27. The minimum absolute atomic E-state index is 0.264. The second kappa shape index (κ2) is 8.31. The minimum Gasteiger partial charge on any atom is -0.473 e. The van der Waals surface area contributed by atoms with Crippen LogP contribution in [0, 0.1) is 0 Å². The van der Waals surface area contributed by atoms with Gasteiger partial charge in [0.1, 0.15) is 18.5 Å². The van der Waals surface area contributed by atoms with Crippen molar-refractivity contribution in [3.63, 3.8) is 0 Å². The number of fused-ring (bicyclic) bond motifs is 1. The molecule has 0 unspecified atom stereocenters. The van der Waals surface area contributed by atoms with E-state index in [1.165, 1.54) is 10.9 Å². The second-order valence-electron chi connectivity index (χ2n) is 7.79. The summed E-state index contributed by atoms with van der Waals surface area (Å²) in [5.41, 5.74) is 1.83. The van der Waals surface area contributed by atoms with Gasteiger partial charge in [-0.3, -0.25) is 0 Å². The van der Waals surface area contributed by atoms with Crippen LogP contribution in [-0.2, 0) is 11.3 Å². The SMILES string of the molecule is CC(C)(C)OC(=O)n1c(-c2ccnc(OCc3cncnc3)c2)cc2c(Cl)ccnc21. The Balaban J connectivity index is 1.74. The highest BCUT2D eigenvalue weighted by atomic mass is 35.5. The van der Waals surface area contributed by atoms with Gasteiger partial charge in [0, 0.05) is 47.4 Å². The normalized spacial score (nSPS) is 11.5. The van der Waals surface area contributed by atoms with E-state index in [4.69, 9.17) is 21.1 Å². The summed E-state index contributed by atoms with van der Waals surface area (Å²) in [6.07, 6.45) is 7.41. The van der Waals surface area contributed by atoms with Crippen LogP contribution in [0.2, 0.25) is 5.02 Å². The molecule has 4 rings (SSSR count). The predicted octanol–water partition coefficient (Wildman–Crippen LogP) is 4.90. The van der Waals surface area contributed by atoms with Crippen molar-refractivity contribution in [2.75, 3.05) is 0 Å². The number of ether oxygens (including phenoxy) is 2. The predicted molar refractivity (Wildman–Crippen MR) is 116 cm³/mol. The van der Waals surface area contributed by atoms with Crippen molar-refractivity contribution < 1.29 is 14.3 Å². The first-order valence-electron chi connectivity index (χ1n) is 9.54. The van der Waals surface area contributed by atoms with E-state index in [-0.39, 0.29) is 6.61 Å². The molecule has 0 aromatic carbocycles. The van der Waals surface area contributed by atoms with Crippen LogP contribution in [-0.4, -0.2) is 36.2 Å². The van der Waals surface area contributed by atoms with Gasteiger partial charge >= 0.3 is 6.09 Å². The first-order chi connectivity index (χ1) is 14.8. The van der Waals surface area contributed by atoms with Crippen molar-refractivity contribution in [3.8, 4) is 17.1 Å². The Morgan fingerprint density at radius 1 is 1.10 bits per heavy atom. The molecule has 8 nitrogen and oxygen atoms in total. The zero-order valence-corrected chi connectivity index (χ0v) is 18.0. The number of carbonyl (C=O) groups is 1. The molecule has 0 N–H and O–H groups in total. The number of pyridine rings is 2. The van der Waals surface area contributed by atoms with E-state index in [1.54, 1.807) is 49.1 Å². The van der Waals surface area contributed by atoms with Crippen LogP contribution < -0.4 is 4.74 Å². The monoisotopic (exact) mass is 437 g/mol. The molecular formula is C22H20ClN5O3. The summed E-state index contributed by atoms with van der Waals surface area (Å²) in [6, 6.07) is 7.00. The first-order valence-corrected chi connectivity index (χ1v) is 9.92. The molecule has 0 aliphatic carbocycles. The van der Waals surface area contributed by atoms with Gasteiger partial charge in [0.2, 0.25) is 5.88 Å². The number of hydrogen-bond donors (Lipinski definition) is 0. The van der Waals surface area contributed by atoms with Gasteiger partial charge in [-0.1, -0.05) is 11.6 Å². The zero-order chi connectivity index (χ0) is 22.0. The van der Waals surface area contributed by atoms with Crippen LogP contribution in [0.1, 0.15) is 26.3 Å². The average Bonchev–Trinajstić information content (AvgIpc) is 3.13. The van der Waals surface area contributed by atoms with E-state index in [2.05, 4.69) is 19.9 Å². The summed E-state index contributed by atoms with van der Waals surface area (Å²) >= 11 is 6.36. The molecule has 0 amide bonds. The maximum absolute atomic E-state index is 13.0. The van der Waals surface area contributed by atoms with Gasteiger partial charge in [0.15, 0.2) is 5.65 Å². The molecule has 0 aliphatic rings. The molecule has 0 spiro atoms. The van der Waals surface area contributed by atoms with Gasteiger partial charge in [-0.15, -0.1) is 0 Å². The van der Waals surface area contributed by atoms with E-state index in [0.717, 1.165) is 5.56 Å². The topological polar surface area (TPSA) is 92.0 Å². The molecule has 9 heteroatoms. The molecule has 0 radical (unpaired) electrons. The molecule has 0 bridgehead atoms. The van der Waals surface area contributed by atoms with E-state index >= 15 is 0 Å². The number of aromatic nitrogens is 5. The summed E-state index contributed by atoms with van der Waals surface area (Å²) in [4.78, 5) is 29.6. The smallest absolute Gasteiger partial charge is 0.420 e. The first kappa shape index (κ1) is 20.7. The molecule has 0 saturated heterocycles. The Morgan fingerprint density at radius 2 is 1.84 bits per heavy atom. The van der Waals surface area contributed by atoms with Gasteiger partial charge in [-0.2, -0.15) is 0 Å². The number of hydrogen-bond acceptors (Lipinski definition) is 7. The molecule has 4 aromatic rings. The summed E-state index contributed by atoms with van der Waals surface area (Å²) in [5.74, 6) is 0.390. The molecule has 0 saturated carbocycles. The Bertz CT molecular complexity index is 1240. The van der Waals surface area contributed by atoms with Crippen LogP contribution in [0.5, 0.6) is 5.88 Å². The van der Waals surface area contributed by atoms with Crippen molar-refractivity contribution in [1.29, 1.82) is 0 Å². The molecule has 0 fully saturated rings. The quantitative estimate of drug-likeness (QED) is 0.448. The van der Waals surface area contributed by atoms with Crippen LogP contribution in [0.25, 0.3) is 22.3 Å². The fourth-order valence-corrected chi connectivity index (χ4v) is 3.18. The fraction of sp³-hybridized carbons (Fsp3) is 0.227. The Morgan fingerprint density at radius 3 is 2.58 bits per heavy atom. The maximum Gasteiger partial charge on any atom is 0.420 e. The molecule has 158 valence electrons. The van der Waals surface area contributed by atoms with Crippen molar-refractivity contribution in [2.24, 2.45) is 0 Å². The number of rotatable bonds is 4. The molecule has 4 heterocycles. The molecule has 31 heavy (non-hydrogen) atoms. The number of nitrogens with zero attached hydrogens (tertiary/aromatic N) is 5. The summed E-state index contributed by atoms with van der Waals surface area (Å²) in [5, 5.41) is 1.13. The van der Waals surface area contributed by atoms with Gasteiger partial charge in [0.05, 0.1) is 10.7 Å². The summed E-state index contributed by atoms with van der Waals surface area (Å²) in [6.45, 7) is 5.69. The van der Waals surface area contributed by atoms with E-state index < -0.39 is 11.7 Å². The molecule has 0 atom stereocenters. The Hall–Kier alpha value is -3.52. The van der Waals surface area contributed by atoms with Gasteiger partial charge in [0.25, 0.3) is 0 Å². The molecule has 0 aliphatic heterocycles. The highest BCUT2D eigenvalue weighted by Crippen LogP contribution is 2.33. The highest BCUT2D eigenvalue weighted by Gasteiger charge is 2.24. The van der Waals surface area contributed by atoms with Crippen LogP contribution >= 0.6 is 11.6 Å².